The average Bonchev–Trinajstić information content (AvgIpc) is 2.79. The molecule has 0 saturated carbocycles. The maximum atomic E-state index is 12.8. The highest BCUT2D eigenvalue weighted by molar-refractivity contribution is 6.31. The van der Waals surface area contributed by atoms with Crippen molar-refractivity contribution < 1.29 is 13.2 Å². The Bertz CT molecular complexity index is 806. The fraction of sp³-hybridized carbons (Fsp3) is 0.0769. The van der Waals surface area contributed by atoms with Gasteiger partial charge in [-0.2, -0.15) is 13.2 Å². The third kappa shape index (κ3) is 2.52. The monoisotopic (exact) mass is 312 g/mol. The first-order valence-corrected chi connectivity index (χ1v) is 6.21. The van der Waals surface area contributed by atoms with Crippen LogP contribution in [0.4, 0.5) is 18.9 Å². The number of alkyl halides is 3. The molecule has 0 amide bonds. The molecule has 2 aromatic heterocycles. The van der Waals surface area contributed by atoms with Crippen LogP contribution in [-0.4, -0.2) is 14.6 Å². The minimum atomic E-state index is -4.44. The molecule has 4 nitrogen and oxygen atoms in total. The van der Waals surface area contributed by atoms with E-state index in [0.29, 0.717) is 21.9 Å². The molecule has 0 aliphatic carbocycles. The maximum Gasteiger partial charge on any atom is 0.417 e. The standard InChI is InChI=1S/C13H8ClF3N4/c14-9-3-7(4-10(18)5-9)12-20-19-11-2-1-8(6-21(11)12)13(15,16)17/h1-6H,18H2. The number of hydrogen-bond donors (Lipinski definition) is 1. The number of nitrogens with two attached hydrogens (primary N) is 1. The van der Waals surface area contributed by atoms with Crippen LogP contribution in [0, 0.1) is 0 Å². The minimum absolute atomic E-state index is 0.241. The Morgan fingerprint density at radius 2 is 1.86 bits per heavy atom. The minimum Gasteiger partial charge on any atom is -0.399 e. The van der Waals surface area contributed by atoms with Crippen molar-refractivity contribution >= 4 is 22.9 Å². The molecular weight excluding hydrogens is 305 g/mol. The Balaban J connectivity index is 2.23. The second kappa shape index (κ2) is 4.63. The third-order valence-corrected chi connectivity index (χ3v) is 3.13. The van der Waals surface area contributed by atoms with Crippen molar-refractivity contribution in [3.05, 3.63) is 47.1 Å². The molecule has 0 spiro atoms. The van der Waals surface area contributed by atoms with Gasteiger partial charge in [0, 0.05) is 22.5 Å². The summed E-state index contributed by atoms with van der Waals surface area (Å²) in [6.07, 6.45) is -3.50. The normalized spacial score (nSPS) is 12.0. The number of hydrogen-bond acceptors (Lipinski definition) is 3. The highest BCUT2D eigenvalue weighted by atomic mass is 35.5. The molecule has 0 aliphatic rings. The van der Waals surface area contributed by atoms with Crippen molar-refractivity contribution in [3.63, 3.8) is 0 Å². The van der Waals surface area contributed by atoms with Crippen molar-refractivity contribution in [3.8, 4) is 11.4 Å². The van der Waals surface area contributed by atoms with Crippen LogP contribution < -0.4 is 5.73 Å². The molecule has 2 heterocycles. The Morgan fingerprint density at radius 1 is 1.10 bits per heavy atom. The molecule has 0 atom stereocenters. The number of aromatic nitrogens is 3. The third-order valence-electron chi connectivity index (χ3n) is 2.91. The molecule has 1 aromatic carbocycles. The smallest absolute Gasteiger partial charge is 0.399 e. The van der Waals surface area contributed by atoms with Crippen LogP contribution in [0.5, 0.6) is 0 Å². The van der Waals surface area contributed by atoms with Crippen molar-refractivity contribution in [1.29, 1.82) is 0 Å². The quantitative estimate of drug-likeness (QED) is 0.698. The van der Waals surface area contributed by atoms with Crippen LogP contribution in [0.2, 0.25) is 5.02 Å². The predicted octanol–water partition coefficient (Wildman–Crippen LogP) is 3.65. The van der Waals surface area contributed by atoms with E-state index < -0.39 is 11.7 Å². The van der Waals surface area contributed by atoms with E-state index in [1.165, 1.54) is 16.5 Å². The fourth-order valence-corrected chi connectivity index (χ4v) is 2.24. The predicted molar refractivity (Wildman–Crippen MR) is 72.8 cm³/mol. The summed E-state index contributed by atoms with van der Waals surface area (Å²) < 4.78 is 39.6. The summed E-state index contributed by atoms with van der Waals surface area (Å²) in [4.78, 5) is 0. The van der Waals surface area contributed by atoms with Gasteiger partial charge in [0.05, 0.1) is 5.56 Å². The molecule has 21 heavy (non-hydrogen) atoms. The lowest BCUT2D eigenvalue weighted by atomic mass is 10.2. The molecule has 2 N–H and O–H groups in total. The molecular formula is C13H8ClF3N4. The van der Waals surface area contributed by atoms with Gasteiger partial charge in [-0.05, 0) is 30.3 Å². The molecule has 108 valence electrons. The molecule has 0 unspecified atom stereocenters. The van der Waals surface area contributed by atoms with Gasteiger partial charge in [0.15, 0.2) is 11.5 Å². The van der Waals surface area contributed by atoms with Crippen LogP contribution in [-0.2, 0) is 6.18 Å². The lowest BCUT2D eigenvalue weighted by Gasteiger charge is -2.08. The maximum absolute atomic E-state index is 12.8. The van der Waals surface area contributed by atoms with Gasteiger partial charge in [0.2, 0.25) is 0 Å². The Morgan fingerprint density at radius 3 is 2.52 bits per heavy atom. The van der Waals surface area contributed by atoms with Gasteiger partial charge in [-0.1, -0.05) is 11.6 Å². The lowest BCUT2D eigenvalue weighted by molar-refractivity contribution is -0.137. The van der Waals surface area contributed by atoms with Crippen LogP contribution in [0.1, 0.15) is 5.56 Å². The fourth-order valence-electron chi connectivity index (χ4n) is 2.00. The first-order chi connectivity index (χ1) is 9.84. The van der Waals surface area contributed by atoms with Crippen molar-refractivity contribution in [1.82, 2.24) is 14.6 Å². The molecule has 0 radical (unpaired) electrons. The Labute approximate surface area is 122 Å². The first-order valence-electron chi connectivity index (χ1n) is 5.83. The number of benzene rings is 1. The van der Waals surface area contributed by atoms with Gasteiger partial charge < -0.3 is 5.73 Å². The van der Waals surface area contributed by atoms with Crippen molar-refractivity contribution in [2.45, 2.75) is 6.18 Å². The van der Waals surface area contributed by atoms with E-state index >= 15 is 0 Å². The van der Waals surface area contributed by atoms with E-state index in [-0.39, 0.29) is 5.82 Å². The zero-order valence-electron chi connectivity index (χ0n) is 10.4. The number of pyridine rings is 1. The van der Waals surface area contributed by atoms with E-state index in [4.69, 9.17) is 17.3 Å². The summed E-state index contributed by atoms with van der Waals surface area (Å²) in [5.41, 5.74) is 6.09. The summed E-state index contributed by atoms with van der Waals surface area (Å²) in [5, 5.41) is 8.11. The molecule has 8 heteroatoms. The molecule has 3 rings (SSSR count). The van der Waals surface area contributed by atoms with E-state index in [9.17, 15) is 13.2 Å². The van der Waals surface area contributed by atoms with E-state index in [2.05, 4.69) is 10.2 Å². The zero-order chi connectivity index (χ0) is 15.2. The van der Waals surface area contributed by atoms with Crippen LogP contribution in [0.25, 0.3) is 17.0 Å². The highest BCUT2D eigenvalue weighted by Gasteiger charge is 2.31. The van der Waals surface area contributed by atoms with Gasteiger partial charge in [-0.25, -0.2) is 0 Å². The molecule has 0 bridgehead atoms. The zero-order valence-corrected chi connectivity index (χ0v) is 11.2. The van der Waals surface area contributed by atoms with Crippen LogP contribution >= 0.6 is 11.6 Å². The number of nitrogens with zero attached hydrogens (tertiary/aromatic N) is 3. The average molecular weight is 313 g/mol. The van der Waals surface area contributed by atoms with Gasteiger partial charge in [0.25, 0.3) is 0 Å². The van der Waals surface area contributed by atoms with Gasteiger partial charge in [-0.3, -0.25) is 4.40 Å². The SMILES string of the molecule is Nc1cc(Cl)cc(-c2nnc3ccc(C(F)(F)F)cn23)c1. The number of nitrogen functional groups attached to an aromatic ring is 1. The molecule has 0 saturated heterocycles. The number of fused-ring (bicyclic) bond motifs is 1. The van der Waals surface area contributed by atoms with Gasteiger partial charge in [0.1, 0.15) is 0 Å². The summed E-state index contributed by atoms with van der Waals surface area (Å²) >= 11 is 5.90. The summed E-state index contributed by atoms with van der Waals surface area (Å²) in [5.74, 6) is 0.241. The lowest BCUT2D eigenvalue weighted by Crippen LogP contribution is -2.06. The summed E-state index contributed by atoms with van der Waals surface area (Å²) in [6.45, 7) is 0. The Kier molecular flexibility index (Phi) is 3.02. The van der Waals surface area contributed by atoms with E-state index in [1.54, 1.807) is 12.1 Å². The van der Waals surface area contributed by atoms with E-state index in [0.717, 1.165) is 12.3 Å². The topological polar surface area (TPSA) is 56.2 Å². The van der Waals surface area contributed by atoms with Crippen molar-refractivity contribution in [2.24, 2.45) is 0 Å². The molecule has 0 aliphatic heterocycles. The number of anilines is 1. The van der Waals surface area contributed by atoms with Crippen molar-refractivity contribution in [2.75, 3.05) is 5.73 Å². The molecule has 0 fully saturated rings. The Hall–Kier alpha value is -2.28. The second-order valence-electron chi connectivity index (χ2n) is 4.44. The number of rotatable bonds is 1. The molecule has 3 aromatic rings. The highest BCUT2D eigenvalue weighted by Crippen LogP contribution is 2.31. The van der Waals surface area contributed by atoms with Crippen LogP contribution in [0.3, 0.4) is 0 Å². The summed E-state index contributed by atoms with van der Waals surface area (Å²) in [6, 6.07) is 6.89. The van der Waals surface area contributed by atoms with Crippen LogP contribution in [0.15, 0.2) is 36.5 Å². The number of halogens is 4. The first kappa shape index (κ1) is 13.7. The largest absolute Gasteiger partial charge is 0.417 e. The summed E-state index contributed by atoms with van der Waals surface area (Å²) in [7, 11) is 0. The van der Waals surface area contributed by atoms with Gasteiger partial charge in [-0.15, -0.1) is 10.2 Å². The second-order valence-corrected chi connectivity index (χ2v) is 4.88. The van der Waals surface area contributed by atoms with Gasteiger partial charge >= 0.3 is 6.18 Å². The van der Waals surface area contributed by atoms with E-state index in [1.807, 2.05) is 0 Å².